The Kier molecular flexibility index (Phi) is 5.79. The summed E-state index contributed by atoms with van der Waals surface area (Å²) in [7, 11) is 0. The molecule has 2 saturated carbocycles. The van der Waals surface area contributed by atoms with Crippen LogP contribution in [0, 0.1) is 17.8 Å². The van der Waals surface area contributed by atoms with Gasteiger partial charge in [0.25, 0.3) is 0 Å². The van der Waals surface area contributed by atoms with Gasteiger partial charge in [0.15, 0.2) is 0 Å². The molecule has 0 aliphatic heterocycles. The number of carbonyl (C=O) groups excluding carboxylic acids is 1. The Morgan fingerprint density at radius 2 is 2.05 bits per heavy atom. The van der Waals surface area contributed by atoms with Gasteiger partial charge in [-0.1, -0.05) is 51.2 Å². The van der Waals surface area contributed by atoms with Crippen LogP contribution in [0.25, 0.3) is 0 Å². The molecule has 2 N–H and O–H groups in total. The maximum absolute atomic E-state index is 11.4. The fourth-order valence-corrected chi connectivity index (χ4v) is 3.60. The zero-order chi connectivity index (χ0) is 14.5. The van der Waals surface area contributed by atoms with Crippen molar-refractivity contribution in [2.24, 2.45) is 17.8 Å². The highest BCUT2D eigenvalue weighted by Gasteiger charge is 2.51. The first-order chi connectivity index (χ1) is 9.63. The topological polar surface area (TPSA) is 57.5 Å². The number of unbranched alkanes of at least 4 members (excludes halogenated alkanes) is 4. The van der Waals surface area contributed by atoms with Crippen molar-refractivity contribution in [1.29, 1.82) is 0 Å². The smallest absolute Gasteiger partial charge is 0.136 e. The van der Waals surface area contributed by atoms with E-state index < -0.39 is 12.2 Å². The summed E-state index contributed by atoms with van der Waals surface area (Å²) in [5.74, 6) is 0.796. The second-order valence-electron chi connectivity index (χ2n) is 6.48. The first-order valence-corrected chi connectivity index (χ1v) is 8.20. The summed E-state index contributed by atoms with van der Waals surface area (Å²) < 4.78 is 0. The maximum atomic E-state index is 11.4. The molecule has 2 fully saturated rings. The lowest BCUT2D eigenvalue weighted by Crippen LogP contribution is -2.35. The Balaban J connectivity index is 1.68. The van der Waals surface area contributed by atoms with Gasteiger partial charge in [0, 0.05) is 18.3 Å². The van der Waals surface area contributed by atoms with Crippen molar-refractivity contribution < 1.29 is 15.0 Å². The lowest BCUT2D eigenvalue weighted by molar-refractivity contribution is -0.133. The molecular weight excluding hydrogens is 252 g/mol. The SMILES string of the molecule is CCCCCCCC(O)C=CC1C(O)C[C@@H]2C(=O)C[C@@H]12. The molecule has 0 radical (unpaired) electrons. The van der Waals surface area contributed by atoms with E-state index >= 15 is 0 Å². The zero-order valence-electron chi connectivity index (χ0n) is 12.5. The molecule has 114 valence electrons. The van der Waals surface area contributed by atoms with E-state index in [1.165, 1.54) is 25.7 Å². The Hall–Kier alpha value is -0.670. The highest BCUT2D eigenvalue weighted by molar-refractivity contribution is 5.88. The number of fused-ring (bicyclic) bond motifs is 1. The molecule has 0 aromatic heterocycles. The minimum absolute atomic E-state index is 0.0763. The standard InChI is InChI=1S/C17H28O3/c1-2-3-4-5-6-7-12(18)8-9-13-14-10-17(20)15(14)11-16(13)19/h8-9,12-16,18-19H,2-7,10-11H2,1H3/t12?,13?,14-,15-,16?/m0/s1. The fourth-order valence-electron chi connectivity index (χ4n) is 3.60. The monoisotopic (exact) mass is 280 g/mol. The molecule has 0 spiro atoms. The summed E-state index contributed by atoms with van der Waals surface area (Å²) in [6.07, 6.45) is 11.0. The van der Waals surface area contributed by atoms with Gasteiger partial charge in [0.05, 0.1) is 12.2 Å². The van der Waals surface area contributed by atoms with Crippen LogP contribution >= 0.6 is 0 Å². The summed E-state index contributed by atoms with van der Waals surface area (Å²) in [5, 5.41) is 19.9. The first kappa shape index (κ1) is 15.7. The highest BCUT2D eigenvalue weighted by atomic mass is 16.3. The molecule has 0 amide bonds. The van der Waals surface area contributed by atoms with Crippen molar-refractivity contribution in [2.75, 3.05) is 0 Å². The van der Waals surface area contributed by atoms with Crippen LogP contribution in [0.4, 0.5) is 0 Å². The summed E-state index contributed by atoms with van der Waals surface area (Å²) in [6.45, 7) is 2.20. The summed E-state index contributed by atoms with van der Waals surface area (Å²) in [6, 6.07) is 0. The molecule has 3 unspecified atom stereocenters. The van der Waals surface area contributed by atoms with E-state index in [1.54, 1.807) is 0 Å². The van der Waals surface area contributed by atoms with Crippen LogP contribution in [0.1, 0.15) is 58.3 Å². The highest BCUT2D eigenvalue weighted by Crippen LogP contribution is 2.48. The average Bonchev–Trinajstić information content (AvgIpc) is 2.68. The number of Topliss-reactive ketones (excluding diaryl/α,β-unsaturated/α-hetero) is 1. The van der Waals surface area contributed by atoms with Crippen LogP contribution in [0.5, 0.6) is 0 Å². The Bertz CT molecular complexity index is 350. The van der Waals surface area contributed by atoms with Crippen LogP contribution in [0.15, 0.2) is 12.2 Å². The Morgan fingerprint density at radius 3 is 2.70 bits per heavy atom. The third kappa shape index (κ3) is 3.70. The van der Waals surface area contributed by atoms with Gasteiger partial charge in [0.2, 0.25) is 0 Å². The van der Waals surface area contributed by atoms with Crippen LogP contribution in [0.3, 0.4) is 0 Å². The molecule has 20 heavy (non-hydrogen) atoms. The minimum Gasteiger partial charge on any atom is -0.392 e. The number of carbonyl (C=O) groups is 1. The van der Waals surface area contributed by atoms with Crippen LogP contribution < -0.4 is 0 Å². The maximum Gasteiger partial charge on any atom is 0.136 e. The third-order valence-corrected chi connectivity index (χ3v) is 4.96. The van der Waals surface area contributed by atoms with E-state index in [0.29, 0.717) is 24.5 Å². The molecule has 2 aliphatic carbocycles. The van der Waals surface area contributed by atoms with Gasteiger partial charge >= 0.3 is 0 Å². The van der Waals surface area contributed by atoms with E-state index in [1.807, 2.05) is 12.2 Å². The molecule has 0 saturated heterocycles. The molecule has 3 heteroatoms. The number of aliphatic hydroxyl groups excluding tert-OH is 2. The van der Waals surface area contributed by atoms with Crippen molar-refractivity contribution in [3.63, 3.8) is 0 Å². The van der Waals surface area contributed by atoms with Crippen molar-refractivity contribution >= 4 is 5.78 Å². The van der Waals surface area contributed by atoms with E-state index in [0.717, 1.165) is 12.8 Å². The average molecular weight is 280 g/mol. The quantitative estimate of drug-likeness (QED) is 0.531. The van der Waals surface area contributed by atoms with Gasteiger partial charge in [0.1, 0.15) is 5.78 Å². The predicted molar refractivity (Wildman–Crippen MR) is 79.2 cm³/mol. The molecule has 2 rings (SSSR count). The predicted octanol–water partition coefficient (Wildman–Crippen LogP) is 2.85. The summed E-state index contributed by atoms with van der Waals surface area (Å²) >= 11 is 0. The van der Waals surface area contributed by atoms with Crippen LogP contribution in [-0.2, 0) is 4.79 Å². The zero-order valence-corrected chi connectivity index (χ0v) is 12.5. The van der Waals surface area contributed by atoms with Crippen molar-refractivity contribution in [3.8, 4) is 0 Å². The second-order valence-corrected chi connectivity index (χ2v) is 6.48. The largest absolute Gasteiger partial charge is 0.392 e. The fraction of sp³-hybridized carbons (Fsp3) is 0.824. The molecular formula is C17H28O3. The number of rotatable bonds is 8. The van der Waals surface area contributed by atoms with E-state index in [-0.39, 0.29) is 11.8 Å². The van der Waals surface area contributed by atoms with E-state index in [2.05, 4.69) is 6.92 Å². The number of ketones is 1. The van der Waals surface area contributed by atoms with Gasteiger partial charge in [-0.2, -0.15) is 0 Å². The third-order valence-electron chi connectivity index (χ3n) is 4.96. The van der Waals surface area contributed by atoms with Gasteiger partial charge in [-0.25, -0.2) is 0 Å². The van der Waals surface area contributed by atoms with Crippen LogP contribution in [-0.4, -0.2) is 28.2 Å². The van der Waals surface area contributed by atoms with E-state index in [9.17, 15) is 15.0 Å². The van der Waals surface area contributed by atoms with Crippen molar-refractivity contribution in [1.82, 2.24) is 0 Å². The number of aliphatic hydroxyl groups is 2. The summed E-state index contributed by atoms with van der Waals surface area (Å²) in [5.41, 5.74) is 0. The molecule has 3 nitrogen and oxygen atoms in total. The minimum atomic E-state index is -0.404. The number of hydrogen-bond acceptors (Lipinski definition) is 3. The molecule has 2 aliphatic rings. The molecule has 0 heterocycles. The van der Waals surface area contributed by atoms with Gasteiger partial charge in [-0.15, -0.1) is 0 Å². The van der Waals surface area contributed by atoms with Crippen molar-refractivity contribution in [2.45, 2.75) is 70.5 Å². The second kappa shape index (κ2) is 7.37. The van der Waals surface area contributed by atoms with E-state index in [4.69, 9.17) is 0 Å². The molecule has 5 atom stereocenters. The van der Waals surface area contributed by atoms with Crippen molar-refractivity contribution in [3.05, 3.63) is 12.2 Å². The summed E-state index contributed by atoms with van der Waals surface area (Å²) in [4.78, 5) is 11.4. The normalized spacial score (nSPS) is 34.2. The lowest BCUT2D eigenvalue weighted by Gasteiger charge is -2.31. The Morgan fingerprint density at radius 1 is 1.30 bits per heavy atom. The molecule has 0 aromatic rings. The van der Waals surface area contributed by atoms with Crippen LogP contribution in [0.2, 0.25) is 0 Å². The Labute approximate surface area is 122 Å². The van der Waals surface area contributed by atoms with Gasteiger partial charge < -0.3 is 10.2 Å². The lowest BCUT2D eigenvalue weighted by atomic mass is 9.71. The molecule has 0 bridgehead atoms. The number of hydrogen-bond donors (Lipinski definition) is 2. The molecule has 0 aromatic carbocycles. The van der Waals surface area contributed by atoms with Gasteiger partial charge in [-0.05, 0) is 18.8 Å². The van der Waals surface area contributed by atoms with Gasteiger partial charge in [-0.3, -0.25) is 4.79 Å². The first-order valence-electron chi connectivity index (χ1n) is 8.20.